The Hall–Kier alpha value is -1.09. The lowest BCUT2D eigenvalue weighted by atomic mass is 9.86. The van der Waals surface area contributed by atoms with E-state index in [4.69, 9.17) is 4.74 Å². The molecule has 0 saturated carbocycles. The van der Waals surface area contributed by atoms with Crippen LogP contribution >= 0.6 is 0 Å². The van der Waals surface area contributed by atoms with Gasteiger partial charge >= 0.3 is 0 Å². The fourth-order valence-electron chi connectivity index (χ4n) is 2.95. The van der Waals surface area contributed by atoms with Gasteiger partial charge in [0, 0.05) is 12.0 Å². The molecule has 0 amide bonds. The number of hydrogen-bond acceptors (Lipinski definition) is 2. The quantitative estimate of drug-likeness (QED) is 0.761. The van der Waals surface area contributed by atoms with E-state index in [2.05, 4.69) is 6.92 Å². The molecule has 1 N–H and O–H groups in total. The summed E-state index contributed by atoms with van der Waals surface area (Å²) in [5, 5.41) is 10.2. The molecule has 20 heavy (non-hydrogen) atoms. The number of ether oxygens (including phenoxy) is 1. The predicted molar refractivity (Wildman–Crippen MR) is 78.4 cm³/mol. The van der Waals surface area contributed by atoms with Gasteiger partial charge in [0.05, 0.1) is 6.10 Å². The summed E-state index contributed by atoms with van der Waals surface area (Å²) in [6, 6.07) is 4.39. The Labute approximate surface area is 121 Å². The highest BCUT2D eigenvalue weighted by molar-refractivity contribution is 5.38. The maximum absolute atomic E-state index is 13.2. The molecule has 2 atom stereocenters. The van der Waals surface area contributed by atoms with E-state index in [1.54, 1.807) is 6.07 Å². The molecule has 0 aromatic heterocycles. The highest BCUT2D eigenvalue weighted by Crippen LogP contribution is 2.41. The third kappa shape index (κ3) is 3.72. The molecule has 1 unspecified atom stereocenters. The summed E-state index contributed by atoms with van der Waals surface area (Å²) in [5.41, 5.74) is 0.240. The third-order valence-electron chi connectivity index (χ3n) is 4.12. The van der Waals surface area contributed by atoms with Crippen LogP contribution in [0.25, 0.3) is 0 Å². The van der Waals surface area contributed by atoms with Crippen LogP contribution in [0.4, 0.5) is 4.39 Å². The lowest BCUT2D eigenvalue weighted by Gasteiger charge is -2.38. The first kappa shape index (κ1) is 15.3. The summed E-state index contributed by atoms with van der Waals surface area (Å²) in [7, 11) is 0. The molecule has 1 aliphatic heterocycles. The molecular weight excluding hydrogens is 255 g/mol. The van der Waals surface area contributed by atoms with Gasteiger partial charge in [0.25, 0.3) is 0 Å². The van der Waals surface area contributed by atoms with Crippen molar-refractivity contribution < 1.29 is 14.2 Å². The number of halogens is 1. The van der Waals surface area contributed by atoms with Crippen molar-refractivity contribution in [2.75, 3.05) is 0 Å². The molecule has 1 aromatic rings. The predicted octanol–water partition coefficient (Wildman–Crippen LogP) is 4.76. The van der Waals surface area contributed by atoms with Gasteiger partial charge in [-0.1, -0.05) is 32.6 Å². The van der Waals surface area contributed by atoms with E-state index < -0.39 is 6.10 Å². The topological polar surface area (TPSA) is 29.5 Å². The van der Waals surface area contributed by atoms with Crippen LogP contribution in [0.5, 0.6) is 5.75 Å². The number of fused-ring (bicyclic) bond motifs is 1. The van der Waals surface area contributed by atoms with E-state index in [1.807, 2.05) is 6.92 Å². The lowest BCUT2D eigenvalue weighted by molar-refractivity contribution is -0.00874. The molecule has 0 bridgehead atoms. The highest BCUT2D eigenvalue weighted by atomic mass is 19.1. The Kier molecular flexibility index (Phi) is 5.03. The fourth-order valence-corrected chi connectivity index (χ4v) is 2.95. The summed E-state index contributed by atoms with van der Waals surface area (Å²) >= 11 is 0. The number of hydrogen-bond donors (Lipinski definition) is 1. The van der Waals surface area contributed by atoms with Gasteiger partial charge in [-0.05, 0) is 38.0 Å². The smallest absolute Gasteiger partial charge is 0.126 e. The van der Waals surface area contributed by atoms with E-state index in [9.17, 15) is 9.50 Å². The average molecular weight is 280 g/mol. The molecule has 1 heterocycles. The van der Waals surface area contributed by atoms with Gasteiger partial charge in [-0.3, -0.25) is 0 Å². The maximum atomic E-state index is 13.2. The first-order valence-electron chi connectivity index (χ1n) is 7.70. The second-order valence-electron chi connectivity index (χ2n) is 6.12. The minimum absolute atomic E-state index is 0.324. The summed E-state index contributed by atoms with van der Waals surface area (Å²) < 4.78 is 19.2. The molecule has 0 fully saturated rings. The minimum atomic E-state index is -0.630. The molecule has 0 radical (unpaired) electrons. The van der Waals surface area contributed by atoms with Crippen molar-refractivity contribution in [1.29, 1.82) is 0 Å². The Morgan fingerprint density at radius 1 is 1.30 bits per heavy atom. The molecule has 3 heteroatoms. The Bertz CT molecular complexity index is 447. The third-order valence-corrected chi connectivity index (χ3v) is 4.12. The average Bonchev–Trinajstić information content (AvgIpc) is 2.39. The Morgan fingerprint density at radius 2 is 2.05 bits per heavy atom. The number of aliphatic hydroxyl groups excluding tert-OH is 1. The number of unbranched alkanes of at least 4 members (excludes halogenated alkanes) is 4. The second-order valence-corrected chi connectivity index (χ2v) is 6.12. The summed E-state index contributed by atoms with van der Waals surface area (Å²) in [4.78, 5) is 0. The van der Waals surface area contributed by atoms with Crippen molar-refractivity contribution in [3.63, 3.8) is 0 Å². The van der Waals surface area contributed by atoms with Crippen LogP contribution in [0.1, 0.15) is 70.5 Å². The molecule has 2 rings (SSSR count). The Balaban J connectivity index is 1.96. The van der Waals surface area contributed by atoms with E-state index in [1.165, 1.54) is 37.8 Å². The van der Waals surface area contributed by atoms with Crippen LogP contribution in [-0.2, 0) is 0 Å². The summed E-state index contributed by atoms with van der Waals surface area (Å²) in [6.07, 6.45) is 6.95. The standard InChI is InChI=1S/C17H25FO2/c1-3-4-5-6-7-10-17(2)12-15(19)14-11-13(18)8-9-16(14)20-17/h8-9,11,15,19H,3-7,10,12H2,1-2H3/t15-,17?/m1/s1. The van der Waals surface area contributed by atoms with Crippen molar-refractivity contribution in [1.82, 2.24) is 0 Å². The number of rotatable bonds is 6. The zero-order valence-corrected chi connectivity index (χ0v) is 12.5. The fraction of sp³-hybridized carbons (Fsp3) is 0.647. The molecule has 0 aliphatic carbocycles. The first-order chi connectivity index (χ1) is 9.54. The second kappa shape index (κ2) is 6.57. The van der Waals surface area contributed by atoms with Crippen molar-refractivity contribution in [3.8, 4) is 5.75 Å². The van der Waals surface area contributed by atoms with Crippen LogP contribution < -0.4 is 4.74 Å². The van der Waals surface area contributed by atoms with Crippen molar-refractivity contribution in [2.45, 2.75) is 70.5 Å². The molecule has 0 saturated heterocycles. The van der Waals surface area contributed by atoms with Gasteiger partial charge in [-0.25, -0.2) is 4.39 Å². The number of aliphatic hydroxyl groups is 1. The molecule has 112 valence electrons. The van der Waals surface area contributed by atoms with Crippen LogP contribution in [0.15, 0.2) is 18.2 Å². The zero-order chi connectivity index (χ0) is 14.6. The van der Waals surface area contributed by atoms with Crippen LogP contribution in [0, 0.1) is 5.82 Å². The largest absolute Gasteiger partial charge is 0.487 e. The van der Waals surface area contributed by atoms with Gasteiger partial charge in [0.1, 0.15) is 17.2 Å². The van der Waals surface area contributed by atoms with Gasteiger partial charge < -0.3 is 9.84 Å². The van der Waals surface area contributed by atoms with Gasteiger partial charge in [-0.2, -0.15) is 0 Å². The molecule has 2 nitrogen and oxygen atoms in total. The van der Waals surface area contributed by atoms with Crippen molar-refractivity contribution in [3.05, 3.63) is 29.6 Å². The highest BCUT2D eigenvalue weighted by Gasteiger charge is 2.36. The Morgan fingerprint density at radius 3 is 2.80 bits per heavy atom. The SMILES string of the molecule is CCCCCCCC1(C)C[C@@H](O)c2cc(F)ccc2O1. The molecular formula is C17H25FO2. The molecule has 1 aliphatic rings. The van der Waals surface area contributed by atoms with Crippen LogP contribution in [0.2, 0.25) is 0 Å². The lowest BCUT2D eigenvalue weighted by Crippen LogP contribution is -2.38. The van der Waals surface area contributed by atoms with E-state index in [-0.39, 0.29) is 11.4 Å². The maximum Gasteiger partial charge on any atom is 0.126 e. The monoisotopic (exact) mass is 280 g/mol. The normalized spacial score (nSPS) is 25.1. The van der Waals surface area contributed by atoms with Crippen molar-refractivity contribution in [2.24, 2.45) is 0 Å². The molecule has 1 aromatic carbocycles. The van der Waals surface area contributed by atoms with Crippen molar-refractivity contribution >= 4 is 0 Å². The first-order valence-corrected chi connectivity index (χ1v) is 7.70. The van der Waals surface area contributed by atoms with E-state index >= 15 is 0 Å². The van der Waals surface area contributed by atoms with E-state index in [0.29, 0.717) is 17.7 Å². The summed E-state index contributed by atoms with van der Waals surface area (Å²) in [6.45, 7) is 4.25. The van der Waals surface area contributed by atoms with E-state index in [0.717, 1.165) is 12.8 Å². The zero-order valence-electron chi connectivity index (χ0n) is 12.5. The van der Waals surface area contributed by atoms with Gasteiger partial charge in [0.2, 0.25) is 0 Å². The number of benzene rings is 1. The molecule has 0 spiro atoms. The summed E-state index contributed by atoms with van der Waals surface area (Å²) in [5.74, 6) is 0.302. The van der Waals surface area contributed by atoms with Gasteiger partial charge in [-0.15, -0.1) is 0 Å². The van der Waals surface area contributed by atoms with Gasteiger partial charge in [0.15, 0.2) is 0 Å². The van der Waals surface area contributed by atoms with Crippen LogP contribution in [0.3, 0.4) is 0 Å². The van der Waals surface area contributed by atoms with Crippen LogP contribution in [-0.4, -0.2) is 10.7 Å². The minimum Gasteiger partial charge on any atom is -0.487 e.